The summed E-state index contributed by atoms with van der Waals surface area (Å²) in [5.74, 6) is 0.0740. The molecule has 0 bridgehead atoms. The summed E-state index contributed by atoms with van der Waals surface area (Å²) < 4.78 is 0. The molecule has 2 aromatic rings. The van der Waals surface area contributed by atoms with E-state index in [4.69, 9.17) is 0 Å². The molecule has 3 rings (SSSR count). The third-order valence-electron chi connectivity index (χ3n) is 4.66. The fraction of sp³-hybridized carbons (Fsp3) is 0.350. The van der Waals surface area contributed by atoms with Crippen LogP contribution in [0, 0.1) is 0 Å². The number of hydrogen-bond acceptors (Lipinski definition) is 2. The van der Waals surface area contributed by atoms with Gasteiger partial charge in [0, 0.05) is 11.7 Å². The van der Waals surface area contributed by atoms with E-state index >= 15 is 0 Å². The smallest absolute Gasteiger partial charge is 0.240 e. The topological polar surface area (TPSA) is 32.3 Å². The number of hydrogen-bond donors (Lipinski definition) is 1. The molecule has 120 valence electrons. The van der Waals surface area contributed by atoms with E-state index in [2.05, 4.69) is 35.3 Å². The van der Waals surface area contributed by atoms with Crippen LogP contribution in [0.4, 0.5) is 5.69 Å². The van der Waals surface area contributed by atoms with Crippen molar-refractivity contribution in [2.75, 3.05) is 11.4 Å². The number of amides is 1. The first-order valence-electron chi connectivity index (χ1n) is 8.34. The summed E-state index contributed by atoms with van der Waals surface area (Å²) in [4.78, 5) is 14.7. The lowest BCUT2D eigenvalue weighted by Crippen LogP contribution is -2.44. The van der Waals surface area contributed by atoms with Gasteiger partial charge in [0.05, 0.1) is 12.6 Å². The fourth-order valence-electron chi connectivity index (χ4n) is 3.27. The molecule has 2 unspecified atom stereocenters. The van der Waals surface area contributed by atoms with Crippen LogP contribution in [0.25, 0.3) is 0 Å². The van der Waals surface area contributed by atoms with Crippen LogP contribution in [0.5, 0.6) is 0 Å². The van der Waals surface area contributed by atoms with Crippen molar-refractivity contribution < 1.29 is 4.79 Å². The molecule has 0 fully saturated rings. The Bertz CT molecular complexity index is 668. The highest BCUT2D eigenvalue weighted by atomic mass is 16.2. The number of rotatable bonds is 4. The van der Waals surface area contributed by atoms with Gasteiger partial charge in [-0.1, -0.05) is 48.5 Å². The Hall–Kier alpha value is -2.29. The van der Waals surface area contributed by atoms with Gasteiger partial charge >= 0.3 is 0 Å². The van der Waals surface area contributed by atoms with Crippen LogP contribution >= 0.6 is 0 Å². The molecule has 3 nitrogen and oxygen atoms in total. The van der Waals surface area contributed by atoms with Crippen LogP contribution in [0.3, 0.4) is 0 Å². The third kappa shape index (κ3) is 3.55. The maximum atomic E-state index is 12.5. The Morgan fingerprint density at radius 2 is 1.87 bits per heavy atom. The Morgan fingerprint density at radius 1 is 1.17 bits per heavy atom. The van der Waals surface area contributed by atoms with Gasteiger partial charge in [-0.15, -0.1) is 0 Å². The maximum absolute atomic E-state index is 12.5. The summed E-state index contributed by atoms with van der Waals surface area (Å²) in [5, 5.41) is 3.11. The number of anilines is 1. The predicted octanol–water partition coefficient (Wildman–Crippen LogP) is 3.71. The monoisotopic (exact) mass is 308 g/mol. The minimum atomic E-state index is 0.0269. The van der Waals surface area contributed by atoms with Gasteiger partial charge < -0.3 is 10.2 Å². The minimum absolute atomic E-state index is 0.0269. The van der Waals surface area contributed by atoms with Gasteiger partial charge in [-0.25, -0.2) is 0 Å². The highest BCUT2D eigenvalue weighted by Gasteiger charge is 2.24. The van der Waals surface area contributed by atoms with Gasteiger partial charge in [0.15, 0.2) is 0 Å². The fourth-order valence-corrected chi connectivity index (χ4v) is 3.27. The number of aryl methyl sites for hydroxylation is 1. The molecule has 0 saturated carbocycles. The average molecular weight is 308 g/mol. The maximum Gasteiger partial charge on any atom is 0.240 e. The zero-order chi connectivity index (χ0) is 16.2. The second-order valence-electron chi connectivity index (χ2n) is 6.34. The first-order chi connectivity index (χ1) is 11.1. The molecule has 1 aliphatic heterocycles. The molecule has 2 atom stereocenters. The Balaban J connectivity index is 1.68. The molecular weight excluding hydrogens is 284 g/mol. The van der Waals surface area contributed by atoms with E-state index in [1.165, 1.54) is 11.3 Å². The van der Waals surface area contributed by atoms with E-state index in [0.717, 1.165) is 18.4 Å². The second-order valence-corrected chi connectivity index (χ2v) is 6.34. The predicted molar refractivity (Wildman–Crippen MR) is 94.6 cm³/mol. The van der Waals surface area contributed by atoms with Gasteiger partial charge in [-0.05, 0) is 43.9 Å². The minimum Gasteiger partial charge on any atom is -0.359 e. The summed E-state index contributed by atoms with van der Waals surface area (Å²) in [6.45, 7) is 4.64. The highest BCUT2D eigenvalue weighted by Crippen LogP contribution is 2.30. The molecule has 0 aliphatic carbocycles. The first kappa shape index (κ1) is 15.6. The Kier molecular flexibility index (Phi) is 4.65. The molecule has 1 N–H and O–H groups in total. The van der Waals surface area contributed by atoms with Gasteiger partial charge in [-0.3, -0.25) is 4.79 Å². The molecule has 0 aromatic heterocycles. The zero-order valence-electron chi connectivity index (χ0n) is 13.8. The van der Waals surface area contributed by atoms with Crippen molar-refractivity contribution in [3.05, 3.63) is 65.7 Å². The zero-order valence-corrected chi connectivity index (χ0v) is 13.8. The number of fused-ring (bicyclic) bond motifs is 1. The van der Waals surface area contributed by atoms with Crippen LogP contribution < -0.4 is 10.2 Å². The summed E-state index contributed by atoms with van der Waals surface area (Å²) in [6.07, 6.45) is 2.19. The van der Waals surface area contributed by atoms with Crippen molar-refractivity contribution in [2.45, 2.75) is 38.8 Å². The SMILES string of the molecule is CC(NC(=O)CN1c2ccccc2CCC1C)c1ccccc1. The number of para-hydroxylation sites is 1. The van der Waals surface area contributed by atoms with Crippen molar-refractivity contribution in [1.82, 2.24) is 5.32 Å². The van der Waals surface area contributed by atoms with Gasteiger partial charge in [0.25, 0.3) is 0 Å². The molecule has 1 amide bonds. The first-order valence-corrected chi connectivity index (χ1v) is 8.34. The molecular formula is C20H24N2O. The van der Waals surface area contributed by atoms with E-state index in [0.29, 0.717) is 12.6 Å². The molecule has 3 heteroatoms. The molecule has 0 saturated heterocycles. The average Bonchev–Trinajstić information content (AvgIpc) is 2.58. The Morgan fingerprint density at radius 3 is 2.65 bits per heavy atom. The molecule has 0 radical (unpaired) electrons. The Labute approximate surface area is 138 Å². The molecule has 23 heavy (non-hydrogen) atoms. The van der Waals surface area contributed by atoms with Crippen LogP contribution in [0.2, 0.25) is 0 Å². The lowest BCUT2D eigenvalue weighted by atomic mass is 9.96. The van der Waals surface area contributed by atoms with Crippen LogP contribution in [-0.2, 0) is 11.2 Å². The van der Waals surface area contributed by atoms with Crippen molar-refractivity contribution in [3.8, 4) is 0 Å². The lowest BCUT2D eigenvalue weighted by Gasteiger charge is -2.36. The van der Waals surface area contributed by atoms with E-state index < -0.39 is 0 Å². The molecule has 2 aromatic carbocycles. The largest absolute Gasteiger partial charge is 0.359 e. The summed E-state index contributed by atoms with van der Waals surface area (Å²) >= 11 is 0. The van der Waals surface area contributed by atoms with Gasteiger partial charge in [-0.2, -0.15) is 0 Å². The van der Waals surface area contributed by atoms with E-state index in [1.54, 1.807) is 0 Å². The van der Waals surface area contributed by atoms with Crippen molar-refractivity contribution in [3.63, 3.8) is 0 Å². The molecule has 1 aliphatic rings. The summed E-state index contributed by atoms with van der Waals surface area (Å²) in [7, 11) is 0. The van der Waals surface area contributed by atoms with Gasteiger partial charge in [0.1, 0.15) is 0 Å². The summed E-state index contributed by atoms with van der Waals surface area (Å²) in [5.41, 5.74) is 3.68. The van der Waals surface area contributed by atoms with Crippen LogP contribution in [0.1, 0.15) is 37.4 Å². The molecule has 1 heterocycles. The van der Waals surface area contributed by atoms with Crippen molar-refractivity contribution in [1.29, 1.82) is 0 Å². The van der Waals surface area contributed by atoms with Crippen LogP contribution in [0.15, 0.2) is 54.6 Å². The van der Waals surface area contributed by atoms with E-state index in [-0.39, 0.29) is 11.9 Å². The third-order valence-corrected chi connectivity index (χ3v) is 4.66. The number of carbonyl (C=O) groups is 1. The number of benzene rings is 2. The van der Waals surface area contributed by atoms with E-state index in [9.17, 15) is 4.79 Å². The standard InChI is InChI=1S/C20H24N2O/c1-15-12-13-18-10-6-7-11-19(18)22(15)14-20(23)21-16(2)17-8-4-3-5-9-17/h3-11,15-16H,12-14H2,1-2H3,(H,21,23). The molecule has 0 spiro atoms. The van der Waals surface area contributed by atoms with E-state index in [1.807, 2.05) is 43.3 Å². The van der Waals surface area contributed by atoms with Gasteiger partial charge in [0.2, 0.25) is 5.91 Å². The lowest BCUT2D eigenvalue weighted by molar-refractivity contribution is -0.120. The normalized spacial score (nSPS) is 18.2. The number of carbonyl (C=O) groups excluding carboxylic acids is 1. The summed E-state index contributed by atoms with van der Waals surface area (Å²) in [6, 6.07) is 18.9. The van der Waals surface area contributed by atoms with Crippen molar-refractivity contribution in [2.24, 2.45) is 0 Å². The number of nitrogens with one attached hydrogen (secondary N) is 1. The quantitative estimate of drug-likeness (QED) is 0.934. The number of nitrogens with zero attached hydrogens (tertiary/aromatic N) is 1. The highest BCUT2D eigenvalue weighted by molar-refractivity contribution is 5.82. The second kappa shape index (κ2) is 6.86. The van der Waals surface area contributed by atoms with Crippen LogP contribution in [-0.4, -0.2) is 18.5 Å². The van der Waals surface area contributed by atoms with Crippen molar-refractivity contribution >= 4 is 11.6 Å².